The van der Waals surface area contributed by atoms with Crippen LogP contribution in [-0.4, -0.2) is 39.4 Å². The van der Waals surface area contributed by atoms with Gasteiger partial charge in [0.1, 0.15) is 0 Å². The highest BCUT2D eigenvalue weighted by atomic mass is 32.2. The zero-order chi connectivity index (χ0) is 14.5. The fourth-order valence-corrected chi connectivity index (χ4v) is 2.46. The Hall–Kier alpha value is -2.02. The van der Waals surface area contributed by atoms with Gasteiger partial charge in [-0.15, -0.1) is 0 Å². The number of benzene rings is 1. The van der Waals surface area contributed by atoms with E-state index in [0.29, 0.717) is 35.0 Å². The predicted molar refractivity (Wildman–Crippen MR) is 75.0 cm³/mol. The number of H-pyrrole nitrogens is 1. The lowest BCUT2D eigenvalue weighted by Gasteiger charge is -1.99. The maximum atomic E-state index is 11.2. The van der Waals surface area contributed by atoms with Crippen molar-refractivity contribution in [2.24, 2.45) is 0 Å². The summed E-state index contributed by atoms with van der Waals surface area (Å²) >= 11 is 1.40. The second-order valence-corrected chi connectivity index (χ2v) is 5.07. The first-order valence-corrected chi connectivity index (χ1v) is 7.10. The van der Waals surface area contributed by atoms with Crippen molar-refractivity contribution in [3.63, 3.8) is 0 Å². The third kappa shape index (κ3) is 3.51. The van der Waals surface area contributed by atoms with Crippen molar-refractivity contribution in [3.8, 4) is 0 Å². The smallest absolute Gasteiger partial charge is 0.335 e. The topological polar surface area (TPSA) is 92.3 Å². The second-order valence-electron chi connectivity index (χ2n) is 3.98. The van der Waals surface area contributed by atoms with Crippen molar-refractivity contribution in [3.05, 3.63) is 23.8 Å². The van der Waals surface area contributed by atoms with Crippen molar-refractivity contribution in [2.45, 2.75) is 18.5 Å². The molecule has 0 saturated heterocycles. The molecule has 0 atom stereocenters. The van der Waals surface area contributed by atoms with Crippen LogP contribution in [0.5, 0.6) is 0 Å². The number of hydrogen-bond donors (Lipinski definition) is 2. The Bertz CT molecular complexity index is 638. The second kappa shape index (κ2) is 6.42. The maximum Gasteiger partial charge on any atom is 0.335 e. The molecule has 20 heavy (non-hydrogen) atoms. The van der Waals surface area contributed by atoms with E-state index in [2.05, 4.69) is 9.97 Å². The molecule has 0 bridgehead atoms. The third-order valence-corrected chi connectivity index (χ3v) is 3.43. The number of carbonyl (C=O) groups excluding carboxylic acids is 1. The van der Waals surface area contributed by atoms with Crippen LogP contribution in [0.1, 0.15) is 23.7 Å². The minimum atomic E-state index is -0.974. The molecule has 0 amide bonds. The molecule has 106 valence electrons. The highest BCUT2D eigenvalue weighted by molar-refractivity contribution is 7.99. The summed E-state index contributed by atoms with van der Waals surface area (Å²) < 4.78 is 4.83. The molecule has 1 aromatic heterocycles. The monoisotopic (exact) mass is 294 g/mol. The lowest BCUT2D eigenvalue weighted by atomic mass is 10.2. The highest BCUT2D eigenvalue weighted by Crippen LogP contribution is 2.21. The number of aromatic nitrogens is 2. The van der Waals surface area contributed by atoms with Gasteiger partial charge in [-0.05, 0) is 25.1 Å². The van der Waals surface area contributed by atoms with Crippen LogP contribution < -0.4 is 0 Å². The average molecular weight is 294 g/mol. The van der Waals surface area contributed by atoms with Crippen molar-refractivity contribution < 1.29 is 19.4 Å². The lowest BCUT2D eigenvalue weighted by Crippen LogP contribution is -2.04. The van der Waals surface area contributed by atoms with Crippen molar-refractivity contribution in [2.75, 3.05) is 12.4 Å². The molecule has 2 N–H and O–H groups in total. The number of carbonyl (C=O) groups is 2. The number of aromatic amines is 1. The Balaban J connectivity index is 2.01. The standard InChI is InChI=1S/C13H14N2O4S/c1-2-19-11(16)5-6-20-13-14-9-4-3-8(12(17)18)7-10(9)15-13/h3-4,7H,2,5-6H2,1H3,(H,14,15)(H,17,18). The molecule has 6 nitrogen and oxygen atoms in total. The molecule has 2 aromatic rings. The largest absolute Gasteiger partial charge is 0.478 e. The van der Waals surface area contributed by atoms with Gasteiger partial charge >= 0.3 is 11.9 Å². The molecular formula is C13H14N2O4S. The number of fused-ring (bicyclic) bond motifs is 1. The lowest BCUT2D eigenvalue weighted by molar-refractivity contribution is -0.142. The van der Waals surface area contributed by atoms with Crippen LogP contribution in [0.4, 0.5) is 0 Å². The minimum absolute atomic E-state index is 0.212. The number of imidazole rings is 1. The Morgan fingerprint density at radius 2 is 2.25 bits per heavy atom. The van der Waals surface area contributed by atoms with Gasteiger partial charge in [0.2, 0.25) is 0 Å². The predicted octanol–water partition coefficient (Wildman–Crippen LogP) is 2.31. The number of nitrogens with zero attached hydrogens (tertiary/aromatic N) is 1. The highest BCUT2D eigenvalue weighted by Gasteiger charge is 2.09. The summed E-state index contributed by atoms with van der Waals surface area (Å²) in [6.07, 6.45) is 0.315. The van der Waals surface area contributed by atoms with Gasteiger partial charge in [-0.25, -0.2) is 9.78 Å². The first kappa shape index (κ1) is 14.4. The molecule has 0 radical (unpaired) electrons. The zero-order valence-electron chi connectivity index (χ0n) is 10.9. The number of carboxylic acid groups (broad SMARTS) is 1. The number of rotatable bonds is 6. The number of nitrogens with one attached hydrogen (secondary N) is 1. The summed E-state index contributed by atoms with van der Waals surface area (Å²) in [5, 5.41) is 9.57. The molecule has 0 spiro atoms. The summed E-state index contributed by atoms with van der Waals surface area (Å²) in [5.74, 6) is -0.646. The van der Waals surface area contributed by atoms with E-state index in [1.54, 1.807) is 19.1 Å². The van der Waals surface area contributed by atoms with E-state index < -0.39 is 5.97 Å². The molecule has 0 aliphatic rings. The quantitative estimate of drug-likeness (QED) is 0.627. The van der Waals surface area contributed by atoms with Crippen molar-refractivity contribution in [1.29, 1.82) is 0 Å². The average Bonchev–Trinajstić information content (AvgIpc) is 2.80. The first-order chi connectivity index (χ1) is 9.60. The number of ether oxygens (including phenoxy) is 1. The summed E-state index contributed by atoms with van der Waals surface area (Å²) in [6, 6.07) is 4.71. The van der Waals surface area contributed by atoms with Gasteiger partial charge in [-0.2, -0.15) is 0 Å². The van der Waals surface area contributed by atoms with E-state index in [1.165, 1.54) is 17.8 Å². The Morgan fingerprint density at radius 3 is 2.95 bits per heavy atom. The number of aromatic carboxylic acids is 1. The van der Waals surface area contributed by atoms with Crippen molar-refractivity contribution >= 4 is 34.7 Å². The van der Waals surface area contributed by atoms with Gasteiger partial charge in [0.25, 0.3) is 0 Å². The van der Waals surface area contributed by atoms with Crippen LogP contribution in [-0.2, 0) is 9.53 Å². The maximum absolute atomic E-state index is 11.2. The van der Waals surface area contributed by atoms with Crippen LogP contribution in [0.2, 0.25) is 0 Å². The molecule has 0 aliphatic heterocycles. The summed E-state index contributed by atoms with van der Waals surface area (Å²) in [5.41, 5.74) is 1.58. The summed E-state index contributed by atoms with van der Waals surface area (Å²) in [4.78, 5) is 29.4. The molecule has 1 heterocycles. The van der Waals surface area contributed by atoms with Crippen LogP contribution in [0.25, 0.3) is 11.0 Å². The minimum Gasteiger partial charge on any atom is -0.478 e. The first-order valence-electron chi connectivity index (χ1n) is 6.11. The molecule has 0 fully saturated rings. The van der Waals surface area contributed by atoms with Crippen LogP contribution in [0.3, 0.4) is 0 Å². The van der Waals surface area contributed by atoms with Crippen LogP contribution in [0, 0.1) is 0 Å². The van der Waals surface area contributed by atoms with E-state index in [0.717, 1.165) is 0 Å². The summed E-state index contributed by atoms with van der Waals surface area (Å²) in [7, 11) is 0. The van der Waals surface area contributed by atoms with Gasteiger partial charge in [0, 0.05) is 5.75 Å². The van der Waals surface area contributed by atoms with Gasteiger partial charge in [-0.3, -0.25) is 4.79 Å². The van der Waals surface area contributed by atoms with Gasteiger partial charge in [0.05, 0.1) is 29.6 Å². The molecule has 0 unspecified atom stereocenters. The molecule has 0 aliphatic carbocycles. The molecule has 7 heteroatoms. The number of thioether (sulfide) groups is 1. The number of esters is 1. The van der Waals surface area contributed by atoms with E-state index in [9.17, 15) is 9.59 Å². The molecular weight excluding hydrogens is 280 g/mol. The number of hydrogen-bond acceptors (Lipinski definition) is 5. The Kier molecular flexibility index (Phi) is 4.62. The fraction of sp³-hybridized carbons (Fsp3) is 0.308. The fourth-order valence-electron chi connectivity index (χ4n) is 1.65. The Labute approximate surface area is 119 Å². The van der Waals surface area contributed by atoms with E-state index >= 15 is 0 Å². The SMILES string of the molecule is CCOC(=O)CCSc1nc2ccc(C(=O)O)cc2[nH]1. The zero-order valence-corrected chi connectivity index (χ0v) is 11.7. The van der Waals surface area contributed by atoms with Crippen LogP contribution >= 0.6 is 11.8 Å². The van der Waals surface area contributed by atoms with Crippen LogP contribution in [0.15, 0.2) is 23.4 Å². The number of carboxylic acids is 1. The van der Waals surface area contributed by atoms with E-state index in [4.69, 9.17) is 9.84 Å². The van der Waals surface area contributed by atoms with Gasteiger partial charge < -0.3 is 14.8 Å². The normalized spacial score (nSPS) is 10.7. The van der Waals surface area contributed by atoms with E-state index in [-0.39, 0.29) is 11.5 Å². The molecule has 2 rings (SSSR count). The summed E-state index contributed by atoms with van der Waals surface area (Å²) in [6.45, 7) is 2.15. The molecule has 1 aromatic carbocycles. The van der Waals surface area contributed by atoms with Crippen molar-refractivity contribution in [1.82, 2.24) is 9.97 Å². The molecule has 0 saturated carbocycles. The van der Waals surface area contributed by atoms with E-state index in [1.807, 2.05) is 0 Å². The Morgan fingerprint density at radius 1 is 1.45 bits per heavy atom. The third-order valence-electron chi connectivity index (χ3n) is 2.56. The van der Waals surface area contributed by atoms with Gasteiger partial charge in [0.15, 0.2) is 5.16 Å². The van der Waals surface area contributed by atoms with Gasteiger partial charge in [-0.1, -0.05) is 11.8 Å².